The Morgan fingerprint density at radius 1 is 1.21 bits per heavy atom. The molecule has 0 atom stereocenters. The molecular weight excluding hydrogens is 394 g/mol. The Morgan fingerprint density at radius 3 is 2.62 bits per heavy atom. The molecule has 1 aromatic heterocycles. The summed E-state index contributed by atoms with van der Waals surface area (Å²) in [5.74, 6) is -0.710. The van der Waals surface area contributed by atoms with E-state index in [1.54, 1.807) is 36.5 Å². The first-order valence-electron chi connectivity index (χ1n) is 7.12. The fourth-order valence-corrected chi connectivity index (χ4v) is 3.46. The molecule has 4 nitrogen and oxygen atoms in total. The van der Waals surface area contributed by atoms with Gasteiger partial charge in [0, 0.05) is 16.1 Å². The van der Waals surface area contributed by atoms with Crippen molar-refractivity contribution in [2.24, 2.45) is 0 Å². The number of aryl methyl sites for hydroxylation is 1. The molecule has 6 heteroatoms. The highest BCUT2D eigenvalue weighted by atomic mass is 79.9. The standard InChI is InChI=1S/C18H13BrClNO3/c1-10-4-3-5-14(20)16(10)17(22)21-9-13(19)12-7-6-11(8-15(12)21)18(23)24-2/h3-9H,1-2H3. The molecule has 3 rings (SSSR count). The van der Waals surface area contributed by atoms with Gasteiger partial charge in [-0.2, -0.15) is 0 Å². The van der Waals surface area contributed by atoms with Gasteiger partial charge >= 0.3 is 5.97 Å². The van der Waals surface area contributed by atoms with Crippen LogP contribution in [0.25, 0.3) is 10.9 Å². The first-order chi connectivity index (χ1) is 11.4. The second kappa shape index (κ2) is 6.42. The first kappa shape index (κ1) is 16.7. The number of aromatic nitrogens is 1. The Bertz CT molecular complexity index is 958. The van der Waals surface area contributed by atoms with Gasteiger partial charge in [0.15, 0.2) is 0 Å². The second-order valence-electron chi connectivity index (χ2n) is 5.31. The number of methoxy groups -OCH3 is 1. The van der Waals surface area contributed by atoms with Gasteiger partial charge in [-0.25, -0.2) is 4.79 Å². The number of carbonyl (C=O) groups excluding carboxylic acids is 2. The average molecular weight is 407 g/mol. The van der Waals surface area contributed by atoms with Crippen LogP contribution in [0.4, 0.5) is 0 Å². The summed E-state index contributed by atoms with van der Waals surface area (Å²) in [6, 6.07) is 10.4. The Morgan fingerprint density at radius 2 is 1.96 bits per heavy atom. The van der Waals surface area contributed by atoms with E-state index in [4.69, 9.17) is 16.3 Å². The molecule has 1 heterocycles. The highest BCUT2D eigenvalue weighted by molar-refractivity contribution is 9.10. The Kier molecular flexibility index (Phi) is 4.47. The molecule has 0 aliphatic heterocycles. The Hall–Kier alpha value is -2.11. The molecule has 3 aromatic rings. The van der Waals surface area contributed by atoms with E-state index in [2.05, 4.69) is 15.9 Å². The average Bonchev–Trinajstić information content (AvgIpc) is 2.90. The molecule has 0 spiro atoms. The minimum absolute atomic E-state index is 0.254. The van der Waals surface area contributed by atoms with Crippen LogP contribution in [0.5, 0.6) is 0 Å². The van der Waals surface area contributed by atoms with Crippen LogP contribution in [0.1, 0.15) is 26.3 Å². The highest BCUT2D eigenvalue weighted by Crippen LogP contribution is 2.30. The molecule has 122 valence electrons. The van der Waals surface area contributed by atoms with Gasteiger partial charge < -0.3 is 4.74 Å². The number of esters is 1. The number of halogens is 2. The highest BCUT2D eigenvalue weighted by Gasteiger charge is 2.19. The zero-order chi connectivity index (χ0) is 17.4. The number of hydrogen-bond acceptors (Lipinski definition) is 3. The molecule has 0 saturated heterocycles. The van der Waals surface area contributed by atoms with Crippen molar-refractivity contribution in [1.82, 2.24) is 4.57 Å². The van der Waals surface area contributed by atoms with Gasteiger partial charge in [0.25, 0.3) is 5.91 Å². The fourth-order valence-electron chi connectivity index (χ4n) is 2.62. The van der Waals surface area contributed by atoms with Crippen molar-refractivity contribution in [3.05, 3.63) is 68.8 Å². The maximum atomic E-state index is 13.0. The third-order valence-electron chi connectivity index (χ3n) is 3.83. The molecule has 0 amide bonds. The van der Waals surface area contributed by atoms with E-state index in [-0.39, 0.29) is 5.91 Å². The molecule has 0 bridgehead atoms. The minimum Gasteiger partial charge on any atom is -0.465 e. The van der Waals surface area contributed by atoms with Crippen molar-refractivity contribution in [3.63, 3.8) is 0 Å². The second-order valence-corrected chi connectivity index (χ2v) is 6.57. The predicted molar refractivity (Wildman–Crippen MR) is 96.9 cm³/mol. The van der Waals surface area contributed by atoms with Crippen molar-refractivity contribution in [2.75, 3.05) is 7.11 Å². The molecule has 0 unspecified atom stereocenters. The maximum absolute atomic E-state index is 13.0. The van der Waals surface area contributed by atoms with Crippen LogP contribution in [-0.2, 0) is 4.74 Å². The number of benzene rings is 2. The van der Waals surface area contributed by atoms with Gasteiger partial charge in [-0.1, -0.05) is 29.8 Å². The summed E-state index contributed by atoms with van der Waals surface area (Å²) < 4.78 is 6.99. The summed E-state index contributed by atoms with van der Waals surface area (Å²) in [6.07, 6.45) is 1.68. The summed E-state index contributed by atoms with van der Waals surface area (Å²) >= 11 is 9.67. The lowest BCUT2D eigenvalue weighted by Crippen LogP contribution is -2.13. The number of nitrogens with zero attached hydrogens (tertiary/aromatic N) is 1. The number of fused-ring (bicyclic) bond motifs is 1. The lowest BCUT2D eigenvalue weighted by molar-refractivity contribution is 0.0600. The Balaban J connectivity index is 2.22. The largest absolute Gasteiger partial charge is 0.465 e. The number of ether oxygens (including phenoxy) is 1. The van der Waals surface area contributed by atoms with Crippen LogP contribution in [-0.4, -0.2) is 23.6 Å². The lowest BCUT2D eigenvalue weighted by atomic mass is 10.1. The Labute approximate surface area is 152 Å². The smallest absolute Gasteiger partial charge is 0.337 e. The van der Waals surface area contributed by atoms with Crippen LogP contribution in [0.3, 0.4) is 0 Å². The summed E-state index contributed by atoms with van der Waals surface area (Å²) in [4.78, 5) is 24.8. The van der Waals surface area contributed by atoms with Gasteiger partial charge in [-0.15, -0.1) is 0 Å². The summed E-state index contributed by atoms with van der Waals surface area (Å²) in [6.45, 7) is 1.83. The molecule has 2 aromatic carbocycles. The van der Waals surface area contributed by atoms with Gasteiger partial charge in [-0.3, -0.25) is 9.36 Å². The number of hydrogen-bond donors (Lipinski definition) is 0. The van der Waals surface area contributed by atoms with Crippen molar-refractivity contribution in [1.29, 1.82) is 0 Å². The van der Waals surface area contributed by atoms with Crippen LogP contribution in [0.2, 0.25) is 5.02 Å². The maximum Gasteiger partial charge on any atom is 0.337 e. The quantitative estimate of drug-likeness (QED) is 0.572. The van der Waals surface area contributed by atoms with Crippen molar-refractivity contribution in [2.45, 2.75) is 6.92 Å². The predicted octanol–water partition coefficient (Wildman–Crippen LogP) is 4.84. The van der Waals surface area contributed by atoms with Crippen molar-refractivity contribution in [3.8, 4) is 0 Å². The molecular formula is C18H13BrClNO3. The van der Waals surface area contributed by atoms with Crippen LogP contribution < -0.4 is 0 Å². The molecule has 0 fully saturated rings. The van der Waals surface area contributed by atoms with Gasteiger partial charge in [0.2, 0.25) is 0 Å². The van der Waals surface area contributed by atoms with Crippen molar-refractivity contribution >= 4 is 50.3 Å². The monoisotopic (exact) mass is 405 g/mol. The van der Waals surface area contributed by atoms with Crippen molar-refractivity contribution < 1.29 is 14.3 Å². The molecule has 0 aliphatic rings. The topological polar surface area (TPSA) is 48.3 Å². The molecule has 0 saturated carbocycles. The zero-order valence-corrected chi connectivity index (χ0v) is 15.3. The summed E-state index contributed by atoms with van der Waals surface area (Å²) in [5, 5.41) is 1.21. The SMILES string of the molecule is COC(=O)c1ccc2c(Br)cn(C(=O)c3c(C)cccc3Cl)c2c1. The van der Waals surface area contributed by atoms with E-state index in [1.165, 1.54) is 11.7 Å². The molecule has 24 heavy (non-hydrogen) atoms. The van der Waals surface area contributed by atoms with Crippen LogP contribution >= 0.6 is 27.5 Å². The van der Waals surface area contributed by atoms with Crippen LogP contribution in [0, 0.1) is 6.92 Å². The van der Waals surface area contributed by atoms with E-state index in [9.17, 15) is 9.59 Å². The summed E-state index contributed by atoms with van der Waals surface area (Å²) in [7, 11) is 1.32. The van der Waals surface area contributed by atoms with Gasteiger partial charge in [-0.05, 0) is 46.6 Å². The first-order valence-corrected chi connectivity index (χ1v) is 8.30. The normalized spacial score (nSPS) is 10.8. The number of carbonyl (C=O) groups is 2. The third kappa shape index (κ3) is 2.74. The van der Waals surface area contributed by atoms with Gasteiger partial charge in [0.1, 0.15) is 0 Å². The van der Waals surface area contributed by atoms with E-state index >= 15 is 0 Å². The number of rotatable bonds is 2. The lowest BCUT2D eigenvalue weighted by Gasteiger charge is -2.09. The van der Waals surface area contributed by atoms with E-state index in [0.29, 0.717) is 21.7 Å². The fraction of sp³-hybridized carbons (Fsp3) is 0.111. The minimum atomic E-state index is -0.456. The molecule has 0 aliphatic carbocycles. The van der Waals surface area contributed by atoms with E-state index in [1.807, 2.05) is 13.0 Å². The molecule has 0 N–H and O–H groups in total. The molecule has 0 radical (unpaired) electrons. The van der Waals surface area contributed by atoms with Crippen LogP contribution in [0.15, 0.2) is 47.1 Å². The van der Waals surface area contributed by atoms with E-state index in [0.717, 1.165) is 15.4 Å². The zero-order valence-electron chi connectivity index (χ0n) is 13.0. The van der Waals surface area contributed by atoms with Gasteiger partial charge in [0.05, 0.1) is 28.8 Å². The van der Waals surface area contributed by atoms with E-state index < -0.39 is 5.97 Å². The third-order valence-corrected chi connectivity index (χ3v) is 4.78. The summed E-state index contributed by atoms with van der Waals surface area (Å²) in [5.41, 5.74) is 2.20.